The largest absolute Gasteiger partial charge is 0.330 e. The number of hydrogen-bond acceptors (Lipinski definition) is 1. The first-order valence-corrected chi connectivity index (χ1v) is 5.49. The number of nitrogens with two attached hydrogens (primary N) is 1. The third-order valence-corrected chi connectivity index (χ3v) is 3.68. The fourth-order valence-corrected chi connectivity index (χ4v) is 2.29. The molecule has 0 bridgehead atoms. The van der Waals surface area contributed by atoms with Gasteiger partial charge in [-0.25, -0.2) is 0 Å². The van der Waals surface area contributed by atoms with Crippen LogP contribution in [0.3, 0.4) is 0 Å². The molecule has 14 heavy (non-hydrogen) atoms. The van der Waals surface area contributed by atoms with Gasteiger partial charge in [-0.2, -0.15) is 0 Å². The van der Waals surface area contributed by atoms with E-state index in [0.29, 0.717) is 0 Å². The Bertz CT molecular complexity index is 328. The first-order chi connectivity index (χ1) is 6.72. The lowest BCUT2D eigenvalue weighted by molar-refractivity contribution is 0.263. The Morgan fingerprint density at radius 2 is 2.00 bits per heavy atom. The van der Waals surface area contributed by atoms with E-state index in [1.54, 1.807) is 0 Å². The molecule has 1 nitrogen and oxygen atoms in total. The minimum absolute atomic E-state index is 0.733. The number of benzene rings is 1. The van der Waals surface area contributed by atoms with Gasteiger partial charge >= 0.3 is 0 Å². The first-order valence-electron chi connectivity index (χ1n) is 5.49. The zero-order valence-electron chi connectivity index (χ0n) is 9.09. The van der Waals surface area contributed by atoms with Crippen molar-refractivity contribution >= 4 is 0 Å². The monoisotopic (exact) mass is 189 g/mol. The van der Waals surface area contributed by atoms with Crippen molar-refractivity contribution in [2.75, 3.05) is 6.54 Å². The average Bonchev–Trinajstić information content (AvgIpc) is 2.10. The van der Waals surface area contributed by atoms with E-state index >= 15 is 0 Å². The highest BCUT2D eigenvalue weighted by molar-refractivity contribution is 5.33. The zero-order chi connectivity index (χ0) is 10.1. The molecule has 0 saturated heterocycles. The summed E-state index contributed by atoms with van der Waals surface area (Å²) < 4.78 is 0. The molecule has 1 aromatic rings. The Labute approximate surface area is 86.3 Å². The van der Waals surface area contributed by atoms with Gasteiger partial charge in [0.2, 0.25) is 0 Å². The van der Waals surface area contributed by atoms with Crippen LogP contribution in [-0.4, -0.2) is 6.54 Å². The fraction of sp³-hybridized carbons (Fsp3) is 0.538. The second-order valence-corrected chi connectivity index (χ2v) is 4.52. The van der Waals surface area contributed by atoms with Crippen molar-refractivity contribution in [2.45, 2.75) is 32.6 Å². The van der Waals surface area contributed by atoms with Gasteiger partial charge in [0.25, 0.3) is 0 Å². The lowest BCUT2D eigenvalue weighted by Crippen LogP contribution is -2.30. The smallest absolute Gasteiger partial charge is 0.00430 e. The van der Waals surface area contributed by atoms with E-state index in [2.05, 4.69) is 32.0 Å². The maximum absolute atomic E-state index is 5.73. The van der Waals surface area contributed by atoms with E-state index in [4.69, 9.17) is 5.73 Å². The zero-order valence-corrected chi connectivity index (χ0v) is 9.09. The third kappa shape index (κ3) is 1.57. The molecule has 0 aromatic heterocycles. The van der Waals surface area contributed by atoms with Gasteiger partial charge in [-0.15, -0.1) is 0 Å². The average molecular weight is 189 g/mol. The number of hydrogen-bond donors (Lipinski definition) is 1. The molecule has 0 aliphatic heterocycles. The summed E-state index contributed by atoms with van der Waals surface area (Å²) in [6.07, 6.45) is 2.64. The van der Waals surface area contributed by atoms with Crippen LogP contribution in [0.1, 0.15) is 35.4 Å². The standard InChI is InChI=1S/C13H19N/c1-9-3-4-11(7-10(9)2)13-6-5-12(13)8-14/h3-4,7,12-13H,5-6,8,14H2,1-2H3. The highest BCUT2D eigenvalue weighted by atomic mass is 14.6. The van der Waals surface area contributed by atoms with Crippen molar-refractivity contribution in [3.63, 3.8) is 0 Å². The van der Waals surface area contributed by atoms with Crippen LogP contribution in [0.25, 0.3) is 0 Å². The highest BCUT2D eigenvalue weighted by Crippen LogP contribution is 2.42. The van der Waals surface area contributed by atoms with Gasteiger partial charge in [0.1, 0.15) is 0 Å². The molecule has 1 aliphatic carbocycles. The van der Waals surface area contributed by atoms with Crippen LogP contribution in [0.4, 0.5) is 0 Å². The van der Waals surface area contributed by atoms with Crippen LogP contribution in [0, 0.1) is 19.8 Å². The molecule has 0 radical (unpaired) electrons. The summed E-state index contributed by atoms with van der Waals surface area (Å²) in [5, 5.41) is 0. The summed E-state index contributed by atoms with van der Waals surface area (Å²) in [5.74, 6) is 1.47. The molecule has 2 N–H and O–H groups in total. The molecule has 0 heterocycles. The second kappa shape index (κ2) is 3.74. The molecule has 1 aliphatic rings. The van der Waals surface area contributed by atoms with Crippen molar-refractivity contribution < 1.29 is 0 Å². The maximum atomic E-state index is 5.73. The summed E-state index contributed by atoms with van der Waals surface area (Å²) in [7, 11) is 0. The van der Waals surface area contributed by atoms with E-state index < -0.39 is 0 Å². The van der Waals surface area contributed by atoms with E-state index in [-0.39, 0.29) is 0 Å². The molecule has 0 amide bonds. The van der Waals surface area contributed by atoms with Gasteiger partial charge in [0, 0.05) is 0 Å². The van der Waals surface area contributed by atoms with E-state index in [9.17, 15) is 0 Å². The summed E-state index contributed by atoms with van der Waals surface area (Å²) in [6.45, 7) is 5.20. The Balaban J connectivity index is 2.20. The van der Waals surface area contributed by atoms with Gasteiger partial charge in [-0.05, 0) is 61.8 Å². The molecule has 1 fully saturated rings. The van der Waals surface area contributed by atoms with Crippen molar-refractivity contribution in [3.8, 4) is 0 Å². The predicted molar refractivity (Wildman–Crippen MR) is 60.4 cm³/mol. The molecule has 76 valence electrons. The second-order valence-electron chi connectivity index (χ2n) is 4.52. The molecule has 0 spiro atoms. The van der Waals surface area contributed by atoms with Crippen LogP contribution in [0.5, 0.6) is 0 Å². The molecule has 2 rings (SSSR count). The number of aryl methyl sites for hydroxylation is 2. The van der Waals surface area contributed by atoms with Crippen molar-refractivity contribution in [3.05, 3.63) is 34.9 Å². The lowest BCUT2D eigenvalue weighted by atomic mass is 9.70. The summed E-state index contributed by atoms with van der Waals surface area (Å²) in [6, 6.07) is 6.84. The normalized spacial score (nSPS) is 25.9. The summed E-state index contributed by atoms with van der Waals surface area (Å²) >= 11 is 0. The molecule has 1 saturated carbocycles. The van der Waals surface area contributed by atoms with Crippen molar-refractivity contribution in [2.24, 2.45) is 11.7 Å². The third-order valence-electron chi connectivity index (χ3n) is 3.68. The fourth-order valence-electron chi connectivity index (χ4n) is 2.29. The Morgan fingerprint density at radius 1 is 1.21 bits per heavy atom. The summed E-state index contributed by atoms with van der Waals surface area (Å²) in [4.78, 5) is 0. The van der Waals surface area contributed by atoms with Crippen LogP contribution in [-0.2, 0) is 0 Å². The van der Waals surface area contributed by atoms with E-state index in [0.717, 1.165) is 18.4 Å². The Hall–Kier alpha value is -0.820. The van der Waals surface area contributed by atoms with Gasteiger partial charge in [0.05, 0.1) is 0 Å². The van der Waals surface area contributed by atoms with Gasteiger partial charge in [-0.1, -0.05) is 18.2 Å². The van der Waals surface area contributed by atoms with Crippen molar-refractivity contribution in [1.29, 1.82) is 0 Å². The van der Waals surface area contributed by atoms with Gasteiger partial charge in [-0.3, -0.25) is 0 Å². The topological polar surface area (TPSA) is 26.0 Å². The van der Waals surface area contributed by atoms with Gasteiger partial charge < -0.3 is 5.73 Å². The van der Waals surface area contributed by atoms with Crippen LogP contribution < -0.4 is 5.73 Å². The van der Waals surface area contributed by atoms with Crippen molar-refractivity contribution in [1.82, 2.24) is 0 Å². The van der Waals surface area contributed by atoms with Crippen LogP contribution >= 0.6 is 0 Å². The van der Waals surface area contributed by atoms with Gasteiger partial charge in [0.15, 0.2) is 0 Å². The van der Waals surface area contributed by atoms with E-state index in [1.807, 2.05) is 0 Å². The highest BCUT2D eigenvalue weighted by Gasteiger charge is 2.30. The molecule has 1 heteroatoms. The SMILES string of the molecule is Cc1ccc(C2CCC2CN)cc1C. The first kappa shape index (κ1) is 9.72. The van der Waals surface area contributed by atoms with E-state index in [1.165, 1.54) is 29.5 Å². The molecular formula is C13H19N. The molecule has 1 aromatic carbocycles. The summed E-state index contributed by atoms with van der Waals surface area (Å²) in [5.41, 5.74) is 10.0. The lowest BCUT2D eigenvalue weighted by Gasteiger charge is -2.36. The van der Waals surface area contributed by atoms with Crippen LogP contribution in [0.15, 0.2) is 18.2 Å². The molecular weight excluding hydrogens is 170 g/mol. The Kier molecular flexibility index (Phi) is 2.60. The number of rotatable bonds is 2. The quantitative estimate of drug-likeness (QED) is 0.760. The predicted octanol–water partition coefficient (Wildman–Crippen LogP) is 2.76. The molecule has 2 unspecified atom stereocenters. The maximum Gasteiger partial charge on any atom is -0.00430 e. The van der Waals surface area contributed by atoms with Crippen LogP contribution in [0.2, 0.25) is 0 Å². The Morgan fingerprint density at radius 3 is 2.50 bits per heavy atom. The minimum Gasteiger partial charge on any atom is -0.330 e. The minimum atomic E-state index is 0.733. The molecule has 2 atom stereocenters.